The summed E-state index contributed by atoms with van der Waals surface area (Å²) in [4.78, 5) is 16.2. The molecule has 0 atom stereocenters. The van der Waals surface area contributed by atoms with Crippen LogP contribution in [0.15, 0.2) is 24.3 Å². The van der Waals surface area contributed by atoms with Crippen LogP contribution in [0.2, 0.25) is 0 Å². The quantitative estimate of drug-likeness (QED) is 0.765. The van der Waals surface area contributed by atoms with E-state index in [0.29, 0.717) is 13.0 Å². The first kappa shape index (κ1) is 13.6. The lowest BCUT2D eigenvalue weighted by molar-refractivity contribution is -0.132. The largest absolute Gasteiger partial charge is 0.340 e. The zero-order valence-corrected chi connectivity index (χ0v) is 11.3. The number of amides is 1. The van der Waals surface area contributed by atoms with Crippen molar-refractivity contribution in [3.63, 3.8) is 0 Å². The standard InChI is InChI=1S/C15H19N3O/c1-13-4-2-3-5-14(13)12-15(19)18-10-8-17(7-6-16)9-11-18/h2-5H,7-12H2,1H3. The number of hydrogen-bond acceptors (Lipinski definition) is 3. The van der Waals surface area contributed by atoms with Crippen LogP contribution >= 0.6 is 0 Å². The van der Waals surface area contributed by atoms with E-state index in [-0.39, 0.29) is 5.91 Å². The molecule has 1 aliphatic rings. The van der Waals surface area contributed by atoms with Gasteiger partial charge in [-0.25, -0.2) is 0 Å². The van der Waals surface area contributed by atoms with Crippen LogP contribution in [0.3, 0.4) is 0 Å². The molecule has 0 radical (unpaired) electrons. The van der Waals surface area contributed by atoms with E-state index in [0.717, 1.165) is 31.7 Å². The molecule has 0 N–H and O–H groups in total. The van der Waals surface area contributed by atoms with E-state index in [1.165, 1.54) is 5.56 Å². The van der Waals surface area contributed by atoms with E-state index >= 15 is 0 Å². The van der Waals surface area contributed by atoms with E-state index in [2.05, 4.69) is 11.0 Å². The normalized spacial score (nSPS) is 16.1. The topological polar surface area (TPSA) is 47.3 Å². The van der Waals surface area contributed by atoms with Crippen LogP contribution in [0.5, 0.6) is 0 Å². The van der Waals surface area contributed by atoms with Gasteiger partial charge in [0, 0.05) is 26.2 Å². The molecule has 1 aromatic rings. The van der Waals surface area contributed by atoms with Crippen LogP contribution in [0.1, 0.15) is 11.1 Å². The second kappa shape index (κ2) is 6.35. The molecule has 19 heavy (non-hydrogen) atoms. The lowest BCUT2D eigenvalue weighted by Crippen LogP contribution is -2.49. The maximum atomic E-state index is 12.2. The van der Waals surface area contributed by atoms with E-state index in [4.69, 9.17) is 5.26 Å². The fourth-order valence-electron chi connectivity index (χ4n) is 2.34. The van der Waals surface area contributed by atoms with Gasteiger partial charge in [-0.15, -0.1) is 0 Å². The van der Waals surface area contributed by atoms with E-state index in [9.17, 15) is 4.79 Å². The number of piperazine rings is 1. The molecule has 2 rings (SSSR count). The van der Waals surface area contributed by atoms with Crippen molar-refractivity contribution in [3.8, 4) is 6.07 Å². The predicted molar refractivity (Wildman–Crippen MR) is 73.5 cm³/mol. The van der Waals surface area contributed by atoms with Gasteiger partial charge >= 0.3 is 0 Å². The van der Waals surface area contributed by atoms with Crippen molar-refractivity contribution >= 4 is 5.91 Å². The maximum absolute atomic E-state index is 12.2. The smallest absolute Gasteiger partial charge is 0.227 e. The Morgan fingerprint density at radius 1 is 1.26 bits per heavy atom. The maximum Gasteiger partial charge on any atom is 0.227 e. The molecule has 0 unspecified atom stereocenters. The number of benzene rings is 1. The first-order chi connectivity index (χ1) is 9.20. The van der Waals surface area contributed by atoms with Gasteiger partial charge in [0.05, 0.1) is 19.0 Å². The van der Waals surface area contributed by atoms with Crippen molar-refractivity contribution < 1.29 is 4.79 Å². The molecule has 1 aromatic carbocycles. The lowest BCUT2D eigenvalue weighted by atomic mass is 10.1. The lowest BCUT2D eigenvalue weighted by Gasteiger charge is -2.33. The third-order valence-electron chi connectivity index (χ3n) is 3.62. The van der Waals surface area contributed by atoms with Crippen LogP contribution in [-0.4, -0.2) is 48.4 Å². The minimum atomic E-state index is 0.186. The Kier molecular flexibility index (Phi) is 4.53. The highest BCUT2D eigenvalue weighted by molar-refractivity contribution is 5.79. The highest BCUT2D eigenvalue weighted by Crippen LogP contribution is 2.10. The molecule has 0 saturated carbocycles. The summed E-state index contributed by atoms with van der Waals surface area (Å²) < 4.78 is 0. The molecule has 0 aromatic heterocycles. The van der Waals surface area contributed by atoms with E-state index < -0.39 is 0 Å². The summed E-state index contributed by atoms with van der Waals surface area (Å²) in [6, 6.07) is 10.2. The van der Waals surface area contributed by atoms with Crippen LogP contribution in [0, 0.1) is 18.3 Å². The zero-order valence-electron chi connectivity index (χ0n) is 11.3. The van der Waals surface area contributed by atoms with Gasteiger partial charge in [0.2, 0.25) is 5.91 Å². The molecule has 4 nitrogen and oxygen atoms in total. The highest BCUT2D eigenvalue weighted by Gasteiger charge is 2.20. The van der Waals surface area contributed by atoms with Crippen LogP contribution in [0.25, 0.3) is 0 Å². The van der Waals surface area contributed by atoms with Gasteiger partial charge in [0.15, 0.2) is 0 Å². The van der Waals surface area contributed by atoms with Crippen molar-refractivity contribution in [2.75, 3.05) is 32.7 Å². The van der Waals surface area contributed by atoms with Crippen molar-refractivity contribution in [3.05, 3.63) is 35.4 Å². The number of carbonyl (C=O) groups excluding carboxylic acids is 1. The van der Waals surface area contributed by atoms with Gasteiger partial charge in [0.1, 0.15) is 0 Å². The molecule has 0 aliphatic carbocycles. The fourth-order valence-corrected chi connectivity index (χ4v) is 2.34. The molecule has 0 bridgehead atoms. The van der Waals surface area contributed by atoms with E-state index in [1.54, 1.807) is 0 Å². The fraction of sp³-hybridized carbons (Fsp3) is 0.467. The van der Waals surface area contributed by atoms with Crippen LogP contribution in [-0.2, 0) is 11.2 Å². The van der Waals surface area contributed by atoms with Gasteiger partial charge < -0.3 is 4.90 Å². The number of nitriles is 1. The number of rotatable bonds is 3. The number of aryl methyl sites for hydroxylation is 1. The summed E-state index contributed by atoms with van der Waals surface area (Å²) in [5.41, 5.74) is 2.27. The summed E-state index contributed by atoms with van der Waals surface area (Å²) in [7, 11) is 0. The van der Waals surface area contributed by atoms with Crippen LogP contribution < -0.4 is 0 Å². The van der Waals surface area contributed by atoms with Crippen molar-refractivity contribution in [1.82, 2.24) is 9.80 Å². The minimum Gasteiger partial charge on any atom is -0.340 e. The second-order valence-corrected chi connectivity index (χ2v) is 4.92. The predicted octanol–water partition coefficient (Wildman–Crippen LogP) is 1.21. The Balaban J connectivity index is 1.89. The molecule has 0 spiro atoms. The molecule has 1 aliphatic heterocycles. The summed E-state index contributed by atoms with van der Waals surface area (Å²) in [5, 5.41) is 8.65. The van der Waals surface area contributed by atoms with Gasteiger partial charge in [-0.3, -0.25) is 9.69 Å². The average Bonchev–Trinajstić information content (AvgIpc) is 2.42. The van der Waals surface area contributed by atoms with Crippen molar-refractivity contribution in [1.29, 1.82) is 5.26 Å². The molecule has 1 amide bonds. The molecule has 1 saturated heterocycles. The first-order valence-electron chi connectivity index (χ1n) is 6.62. The van der Waals surface area contributed by atoms with Crippen LogP contribution in [0.4, 0.5) is 0 Å². The Bertz CT molecular complexity index is 484. The second-order valence-electron chi connectivity index (χ2n) is 4.92. The Morgan fingerprint density at radius 3 is 2.58 bits per heavy atom. The van der Waals surface area contributed by atoms with E-state index in [1.807, 2.05) is 36.1 Å². The number of nitrogens with zero attached hydrogens (tertiary/aromatic N) is 3. The van der Waals surface area contributed by atoms with Crippen molar-refractivity contribution in [2.24, 2.45) is 0 Å². The zero-order chi connectivity index (χ0) is 13.7. The monoisotopic (exact) mass is 257 g/mol. The molecule has 100 valence electrons. The Labute approximate surface area is 114 Å². The summed E-state index contributed by atoms with van der Waals surface area (Å²) in [6.45, 7) is 5.55. The molecular formula is C15H19N3O. The summed E-state index contributed by atoms with van der Waals surface area (Å²) >= 11 is 0. The highest BCUT2D eigenvalue weighted by atomic mass is 16.2. The SMILES string of the molecule is Cc1ccccc1CC(=O)N1CCN(CC#N)CC1. The minimum absolute atomic E-state index is 0.186. The summed E-state index contributed by atoms with van der Waals surface area (Å²) in [5.74, 6) is 0.186. The Morgan fingerprint density at radius 2 is 1.95 bits per heavy atom. The summed E-state index contributed by atoms with van der Waals surface area (Å²) in [6.07, 6.45) is 0.477. The first-order valence-corrected chi connectivity index (χ1v) is 6.62. The van der Waals surface area contributed by atoms with Crippen molar-refractivity contribution in [2.45, 2.75) is 13.3 Å². The molecule has 1 heterocycles. The van der Waals surface area contributed by atoms with Gasteiger partial charge in [-0.05, 0) is 18.1 Å². The number of carbonyl (C=O) groups is 1. The molecule has 1 fully saturated rings. The van der Waals surface area contributed by atoms with Gasteiger partial charge in [-0.1, -0.05) is 24.3 Å². The third kappa shape index (κ3) is 3.55. The average molecular weight is 257 g/mol. The van der Waals surface area contributed by atoms with Gasteiger partial charge in [-0.2, -0.15) is 5.26 Å². The van der Waals surface area contributed by atoms with Gasteiger partial charge in [0.25, 0.3) is 0 Å². The third-order valence-corrected chi connectivity index (χ3v) is 3.62. The number of hydrogen-bond donors (Lipinski definition) is 0. The molecular weight excluding hydrogens is 238 g/mol. The Hall–Kier alpha value is -1.86. The molecule has 4 heteroatoms.